The highest BCUT2D eigenvalue weighted by molar-refractivity contribution is 7.83. The third-order valence-corrected chi connectivity index (χ3v) is 9.93. The van der Waals surface area contributed by atoms with Crippen LogP contribution in [0.15, 0.2) is 55.6 Å². The Bertz CT molecular complexity index is 2620. The van der Waals surface area contributed by atoms with E-state index in [1.807, 2.05) is 0 Å². The van der Waals surface area contributed by atoms with E-state index in [0.717, 1.165) is 0 Å². The van der Waals surface area contributed by atoms with E-state index in [1.54, 1.807) is 25.0 Å². The smallest absolute Gasteiger partial charge is 0.380 e. The number of carbonyl (C=O) groups is 1. The standard InChI is InChI=1S/C41H41F12N5O10.2C2H6OS/c42-38(43,44)22-16-23(39(45,46)47)19-26(18-22)55-30-29(33(59)34(30)60)54-3-1-2-28(37(63)58-4-6-64-8-10-66-12-14-68-15-13-67-11-9-65-7-5-58)57-32-31(35(61)36(32)62)56-27-20-24(40(48,49)50)17-25(21-27)41(51,52)53;2*1-4(2)3/h16-21,28,54-57H,1-15H2;2*1-2H3/t28-;;/m0../s1. The Morgan fingerprint density at radius 1 is 0.500 bits per heavy atom. The summed E-state index contributed by atoms with van der Waals surface area (Å²) in [6, 6.07) is -0.786. The van der Waals surface area contributed by atoms with Crippen LogP contribution < -0.4 is 43.0 Å². The molecule has 4 aromatic rings. The highest BCUT2D eigenvalue weighted by Gasteiger charge is 2.39. The molecule has 0 bridgehead atoms. The highest BCUT2D eigenvalue weighted by atomic mass is 32.2. The van der Waals surface area contributed by atoms with Crippen molar-refractivity contribution in [3.8, 4) is 0 Å². The second-order valence-corrected chi connectivity index (χ2v) is 19.3. The van der Waals surface area contributed by atoms with Gasteiger partial charge in [-0.2, -0.15) is 52.7 Å². The third kappa shape index (κ3) is 21.2. The number of nitrogens with zero attached hydrogens (tertiary/aromatic N) is 1. The van der Waals surface area contributed by atoms with Gasteiger partial charge in [0.1, 0.15) is 28.8 Å². The van der Waals surface area contributed by atoms with E-state index < -0.39 is 136 Å². The van der Waals surface area contributed by atoms with Crippen LogP contribution >= 0.6 is 0 Å². The molecule has 31 heteroatoms. The molecule has 0 spiro atoms. The van der Waals surface area contributed by atoms with Gasteiger partial charge in [0.2, 0.25) is 5.91 Å². The van der Waals surface area contributed by atoms with Gasteiger partial charge in [0.25, 0.3) is 21.7 Å². The van der Waals surface area contributed by atoms with E-state index in [-0.39, 0.29) is 135 Å². The summed E-state index contributed by atoms with van der Waals surface area (Å²) in [4.78, 5) is 66.2. The molecular formula is C45H53F12N5O12S2. The quantitative estimate of drug-likeness (QED) is 0.0724. The fourth-order valence-corrected chi connectivity index (χ4v) is 6.51. The predicted molar refractivity (Wildman–Crippen MR) is 258 cm³/mol. The monoisotopic (exact) mass is 1150 g/mol. The van der Waals surface area contributed by atoms with Gasteiger partial charge < -0.3 is 49.9 Å². The summed E-state index contributed by atoms with van der Waals surface area (Å²) in [5, 5.41) is 9.31. The molecule has 0 aromatic heterocycles. The minimum atomic E-state index is -5.28. The fourth-order valence-electron chi connectivity index (χ4n) is 6.51. The van der Waals surface area contributed by atoms with Gasteiger partial charge in [-0.1, -0.05) is 0 Å². The van der Waals surface area contributed by atoms with Crippen LogP contribution in [-0.2, 0) is 74.8 Å². The van der Waals surface area contributed by atoms with Crippen LogP contribution in [0.1, 0.15) is 35.1 Å². The zero-order valence-corrected chi connectivity index (χ0v) is 42.5. The van der Waals surface area contributed by atoms with Crippen LogP contribution in [0.5, 0.6) is 0 Å². The van der Waals surface area contributed by atoms with Crippen LogP contribution in [-0.4, -0.2) is 136 Å². The largest absolute Gasteiger partial charge is 0.416 e. The zero-order chi connectivity index (χ0) is 57.2. The Balaban J connectivity index is 0.00000177. The molecule has 0 unspecified atom stereocenters. The molecule has 4 aromatic carbocycles. The van der Waals surface area contributed by atoms with Crippen LogP contribution in [0.3, 0.4) is 0 Å². The van der Waals surface area contributed by atoms with E-state index >= 15 is 0 Å². The fraction of sp³-hybridized carbons (Fsp3) is 0.533. The number of hydrogen-bond acceptors (Lipinski definition) is 16. The normalized spacial score (nSPS) is 15.7. The van der Waals surface area contributed by atoms with Crippen molar-refractivity contribution < 1.29 is 89.6 Å². The summed E-state index contributed by atoms with van der Waals surface area (Å²) in [7, 11) is -1.22. The summed E-state index contributed by atoms with van der Waals surface area (Å²) in [6.07, 6.45) is -15.0. The van der Waals surface area contributed by atoms with Crippen molar-refractivity contribution in [1.29, 1.82) is 0 Å². The second kappa shape index (κ2) is 29.3. The maximum absolute atomic E-state index is 14.3. The second-order valence-electron chi connectivity index (χ2n) is 16.3. The average Bonchev–Trinajstić information content (AvgIpc) is 3.31. The van der Waals surface area contributed by atoms with Gasteiger partial charge in [-0.3, -0.25) is 32.4 Å². The number of alkyl halides is 12. The van der Waals surface area contributed by atoms with Gasteiger partial charge in [0.15, 0.2) is 0 Å². The Kier molecular flexibility index (Phi) is 25.0. The lowest BCUT2D eigenvalue weighted by atomic mass is 10.1. The molecule has 1 fully saturated rings. The number of ether oxygens (including phenoxy) is 5. The van der Waals surface area contributed by atoms with Crippen molar-refractivity contribution >= 4 is 61.6 Å². The van der Waals surface area contributed by atoms with Crippen LogP contribution in [0.4, 0.5) is 86.8 Å². The van der Waals surface area contributed by atoms with Crippen LogP contribution in [0.25, 0.3) is 0 Å². The van der Waals surface area contributed by atoms with E-state index in [2.05, 4.69) is 21.3 Å². The van der Waals surface area contributed by atoms with Crippen molar-refractivity contribution in [3.05, 3.63) is 99.5 Å². The number of nitrogens with one attached hydrogen (secondary N) is 4. The first-order chi connectivity index (χ1) is 35.3. The van der Waals surface area contributed by atoms with Crippen molar-refractivity contribution in [3.63, 3.8) is 0 Å². The molecule has 0 saturated carbocycles. The Hall–Kier alpha value is -5.47. The number of halogens is 12. The molecule has 1 saturated heterocycles. The number of benzene rings is 2. The molecule has 1 aliphatic heterocycles. The number of carbonyl (C=O) groups excluding carboxylic acids is 1. The molecule has 76 heavy (non-hydrogen) atoms. The lowest BCUT2D eigenvalue weighted by Gasteiger charge is -2.29. The lowest BCUT2D eigenvalue weighted by molar-refractivity contribution is -0.144. The molecule has 1 amide bonds. The maximum Gasteiger partial charge on any atom is 0.416 e. The minimum Gasteiger partial charge on any atom is -0.380 e. The van der Waals surface area contributed by atoms with Gasteiger partial charge in [-0.05, 0) is 49.2 Å². The minimum absolute atomic E-state index is 0.0737. The molecule has 1 atom stereocenters. The Morgan fingerprint density at radius 3 is 1.12 bits per heavy atom. The van der Waals surface area contributed by atoms with Gasteiger partial charge in [-0.15, -0.1) is 0 Å². The van der Waals surface area contributed by atoms with Crippen molar-refractivity contribution in [1.82, 2.24) is 4.90 Å². The van der Waals surface area contributed by atoms with E-state index in [4.69, 9.17) is 23.7 Å². The summed E-state index contributed by atoms with van der Waals surface area (Å²) >= 11 is 0. The van der Waals surface area contributed by atoms with Crippen molar-refractivity contribution in [2.45, 2.75) is 43.6 Å². The number of rotatable bonds is 12. The predicted octanol–water partition coefficient (Wildman–Crippen LogP) is 6.03. The summed E-state index contributed by atoms with van der Waals surface area (Å²) in [5.41, 5.74) is -16.6. The van der Waals surface area contributed by atoms with Crippen molar-refractivity contribution in [2.24, 2.45) is 0 Å². The maximum atomic E-state index is 14.3. The molecule has 1 heterocycles. The van der Waals surface area contributed by atoms with Gasteiger partial charge in [0.05, 0.1) is 88.3 Å². The molecule has 4 N–H and O–H groups in total. The Morgan fingerprint density at radius 2 is 0.789 bits per heavy atom. The first kappa shape index (κ1) is 64.8. The molecule has 5 rings (SSSR count). The zero-order valence-electron chi connectivity index (χ0n) is 40.8. The van der Waals surface area contributed by atoms with E-state index in [9.17, 15) is 85.1 Å². The van der Waals surface area contributed by atoms with Crippen LogP contribution in [0.2, 0.25) is 0 Å². The lowest BCUT2D eigenvalue weighted by Crippen LogP contribution is -2.48. The molecule has 0 radical (unpaired) electrons. The van der Waals surface area contributed by atoms with Gasteiger partial charge in [-0.25, -0.2) is 0 Å². The van der Waals surface area contributed by atoms with Gasteiger partial charge in [0, 0.05) is 77.6 Å². The average molecular weight is 1150 g/mol. The van der Waals surface area contributed by atoms with E-state index in [1.165, 1.54) is 4.90 Å². The summed E-state index contributed by atoms with van der Waals surface area (Å²) in [5.74, 6) is -0.810. The molecule has 1 aliphatic rings. The number of amides is 1. The Labute approximate surface area is 430 Å². The van der Waals surface area contributed by atoms with Crippen molar-refractivity contribution in [2.75, 3.05) is 132 Å². The first-order valence-corrected chi connectivity index (χ1v) is 26.2. The molecule has 17 nitrogen and oxygen atoms in total. The van der Waals surface area contributed by atoms with Gasteiger partial charge >= 0.3 is 24.7 Å². The van der Waals surface area contributed by atoms with Crippen LogP contribution in [0, 0.1) is 0 Å². The SMILES string of the molecule is CS(C)=O.CS(C)=O.O=C([C@H](CCCNc1c(Nc2cc(C(F)(F)F)cc(C(F)(F)F)c2)c(=O)c1=O)Nc1c(Nc2cc(C(F)(F)F)cc(C(F)(F)F)c2)c(=O)c1=O)N1CCOCCOCCOCCOCCOCC1. The molecular weight excluding hydrogens is 1090 g/mol. The topological polar surface area (TPSA) is 217 Å². The molecule has 426 valence electrons. The third-order valence-electron chi connectivity index (χ3n) is 9.93. The number of hydrogen-bond donors (Lipinski definition) is 4. The molecule has 0 aliphatic carbocycles. The highest BCUT2D eigenvalue weighted by Crippen LogP contribution is 2.40. The number of anilines is 6. The summed E-state index contributed by atoms with van der Waals surface area (Å²) in [6.45, 7) is 0.652. The first-order valence-electron chi connectivity index (χ1n) is 22.3. The summed E-state index contributed by atoms with van der Waals surface area (Å²) < 4.78 is 209. The van der Waals surface area contributed by atoms with E-state index in [0.29, 0.717) is 0 Å².